The molecule has 0 aromatic rings. The van der Waals surface area contributed by atoms with Gasteiger partial charge in [0, 0.05) is 19.1 Å². The Balaban J connectivity index is 1.82. The molecule has 116 valence electrons. The fourth-order valence-corrected chi connectivity index (χ4v) is 3.01. The zero-order chi connectivity index (χ0) is 14.2. The van der Waals surface area contributed by atoms with Crippen LogP contribution in [0, 0.1) is 0 Å². The minimum Gasteiger partial charge on any atom is -0.378 e. The zero-order valence-corrected chi connectivity index (χ0v) is 12.9. The average Bonchev–Trinajstić information content (AvgIpc) is 2.52. The highest BCUT2D eigenvalue weighted by atomic mass is 16.5. The van der Waals surface area contributed by atoms with Crippen LogP contribution in [-0.4, -0.2) is 67.7 Å². The van der Waals surface area contributed by atoms with E-state index < -0.39 is 0 Å². The lowest BCUT2D eigenvalue weighted by atomic mass is 10.0. The SMILES string of the molecule is CCCCN1CCCCC1CN=C(N)N1CCOCC1. The maximum absolute atomic E-state index is 6.11. The Labute approximate surface area is 123 Å². The van der Waals surface area contributed by atoms with Crippen LogP contribution in [0.3, 0.4) is 0 Å². The highest BCUT2D eigenvalue weighted by Gasteiger charge is 2.22. The number of rotatable bonds is 5. The summed E-state index contributed by atoms with van der Waals surface area (Å²) in [6.45, 7) is 8.84. The molecular weight excluding hydrogens is 252 g/mol. The van der Waals surface area contributed by atoms with Gasteiger partial charge in [-0.25, -0.2) is 0 Å². The van der Waals surface area contributed by atoms with Crippen LogP contribution in [0.25, 0.3) is 0 Å². The van der Waals surface area contributed by atoms with E-state index in [0.29, 0.717) is 12.0 Å². The summed E-state index contributed by atoms with van der Waals surface area (Å²) in [4.78, 5) is 9.41. The molecule has 2 rings (SSSR count). The third-order valence-electron chi connectivity index (χ3n) is 4.35. The van der Waals surface area contributed by atoms with E-state index in [0.717, 1.165) is 32.8 Å². The van der Waals surface area contributed by atoms with Gasteiger partial charge in [0.05, 0.1) is 19.8 Å². The summed E-state index contributed by atoms with van der Waals surface area (Å²) in [6.07, 6.45) is 6.49. The molecule has 2 heterocycles. The molecule has 2 fully saturated rings. The van der Waals surface area contributed by atoms with Gasteiger partial charge in [0.15, 0.2) is 5.96 Å². The molecule has 0 aromatic heterocycles. The lowest BCUT2D eigenvalue weighted by Gasteiger charge is -2.35. The lowest BCUT2D eigenvalue weighted by molar-refractivity contribution is 0.0672. The lowest BCUT2D eigenvalue weighted by Crippen LogP contribution is -2.46. The maximum Gasteiger partial charge on any atom is 0.191 e. The van der Waals surface area contributed by atoms with E-state index in [4.69, 9.17) is 10.5 Å². The van der Waals surface area contributed by atoms with Gasteiger partial charge in [-0.2, -0.15) is 0 Å². The van der Waals surface area contributed by atoms with Gasteiger partial charge in [-0.3, -0.25) is 9.89 Å². The zero-order valence-electron chi connectivity index (χ0n) is 12.9. The summed E-state index contributed by atoms with van der Waals surface area (Å²) in [6, 6.07) is 0.592. The molecule has 2 aliphatic rings. The van der Waals surface area contributed by atoms with Crippen LogP contribution in [0.5, 0.6) is 0 Å². The summed E-state index contributed by atoms with van der Waals surface area (Å²) in [5.41, 5.74) is 6.11. The van der Waals surface area contributed by atoms with Gasteiger partial charge >= 0.3 is 0 Å². The van der Waals surface area contributed by atoms with Gasteiger partial charge in [0.25, 0.3) is 0 Å². The van der Waals surface area contributed by atoms with Gasteiger partial charge in [0.2, 0.25) is 0 Å². The molecule has 2 saturated heterocycles. The van der Waals surface area contributed by atoms with Crippen LogP contribution < -0.4 is 5.73 Å². The smallest absolute Gasteiger partial charge is 0.191 e. The second-order valence-electron chi connectivity index (χ2n) is 5.84. The van der Waals surface area contributed by atoms with E-state index in [1.54, 1.807) is 0 Å². The Morgan fingerprint density at radius 2 is 2.05 bits per heavy atom. The first kappa shape index (κ1) is 15.6. The van der Waals surface area contributed by atoms with Crippen LogP contribution in [0.4, 0.5) is 0 Å². The summed E-state index contributed by atoms with van der Waals surface area (Å²) in [5.74, 6) is 0.703. The monoisotopic (exact) mass is 282 g/mol. The maximum atomic E-state index is 6.11. The second-order valence-corrected chi connectivity index (χ2v) is 5.84. The Bertz CT molecular complexity index is 302. The molecule has 0 aliphatic carbocycles. The van der Waals surface area contributed by atoms with Crippen molar-refractivity contribution in [1.82, 2.24) is 9.80 Å². The number of aliphatic imine (C=N–C) groups is 1. The molecule has 0 amide bonds. The number of nitrogens with zero attached hydrogens (tertiary/aromatic N) is 3. The predicted octanol–water partition coefficient (Wildman–Crippen LogP) is 1.29. The first-order valence-corrected chi connectivity index (χ1v) is 8.18. The number of hydrogen-bond acceptors (Lipinski definition) is 3. The van der Waals surface area contributed by atoms with Gasteiger partial charge in [-0.1, -0.05) is 19.8 Å². The largest absolute Gasteiger partial charge is 0.378 e. The van der Waals surface area contributed by atoms with Crippen molar-refractivity contribution < 1.29 is 4.74 Å². The summed E-state index contributed by atoms with van der Waals surface area (Å²) in [7, 11) is 0. The second kappa shape index (κ2) is 8.47. The van der Waals surface area contributed by atoms with Crippen molar-refractivity contribution in [2.45, 2.75) is 45.1 Å². The molecule has 0 bridgehead atoms. The number of ether oxygens (including phenoxy) is 1. The van der Waals surface area contributed by atoms with Crippen molar-refractivity contribution in [3.63, 3.8) is 0 Å². The quantitative estimate of drug-likeness (QED) is 0.610. The Kier molecular flexibility index (Phi) is 6.60. The molecule has 0 spiro atoms. The number of nitrogens with two attached hydrogens (primary N) is 1. The predicted molar refractivity (Wildman–Crippen MR) is 83.0 cm³/mol. The molecule has 0 radical (unpaired) electrons. The molecule has 5 heteroatoms. The molecule has 2 N–H and O–H groups in total. The molecule has 2 aliphatic heterocycles. The van der Waals surface area contributed by atoms with Crippen LogP contribution in [0.2, 0.25) is 0 Å². The normalized spacial score (nSPS) is 25.9. The van der Waals surface area contributed by atoms with Crippen LogP contribution >= 0.6 is 0 Å². The summed E-state index contributed by atoms with van der Waals surface area (Å²) < 4.78 is 5.35. The Hall–Kier alpha value is -0.810. The minimum absolute atomic E-state index is 0.592. The van der Waals surface area contributed by atoms with Gasteiger partial charge in [-0.05, 0) is 32.4 Å². The van der Waals surface area contributed by atoms with Crippen LogP contribution in [0.1, 0.15) is 39.0 Å². The van der Waals surface area contributed by atoms with E-state index in [1.807, 2.05) is 0 Å². The van der Waals surface area contributed by atoms with E-state index in [2.05, 4.69) is 21.7 Å². The summed E-state index contributed by atoms with van der Waals surface area (Å²) in [5, 5.41) is 0. The molecule has 0 saturated carbocycles. The molecular formula is C15H30N4O. The highest BCUT2D eigenvalue weighted by Crippen LogP contribution is 2.18. The van der Waals surface area contributed by atoms with Crippen molar-refractivity contribution in [3.05, 3.63) is 0 Å². The van der Waals surface area contributed by atoms with Crippen molar-refractivity contribution in [3.8, 4) is 0 Å². The number of likely N-dealkylation sites (tertiary alicyclic amines) is 1. The fourth-order valence-electron chi connectivity index (χ4n) is 3.01. The molecule has 1 atom stereocenters. The number of morpholine rings is 1. The van der Waals surface area contributed by atoms with E-state index in [9.17, 15) is 0 Å². The summed E-state index contributed by atoms with van der Waals surface area (Å²) >= 11 is 0. The number of guanidine groups is 1. The van der Waals surface area contributed by atoms with Crippen LogP contribution in [-0.2, 0) is 4.74 Å². The van der Waals surface area contributed by atoms with Crippen molar-refractivity contribution in [1.29, 1.82) is 0 Å². The number of piperidine rings is 1. The number of hydrogen-bond donors (Lipinski definition) is 1. The van der Waals surface area contributed by atoms with E-state index in [-0.39, 0.29) is 0 Å². The van der Waals surface area contributed by atoms with Crippen molar-refractivity contribution in [2.75, 3.05) is 45.9 Å². The topological polar surface area (TPSA) is 54.1 Å². The average molecular weight is 282 g/mol. The Morgan fingerprint density at radius 1 is 1.25 bits per heavy atom. The van der Waals surface area contributed by atoms with Crippen molar-refractivity contribution in [2.24, 2.45) is 10.7 Å². The van der Waals surface area contributed by atoms with Gasteiger partial charge < -0.3 is 15.4 Å². The minimum atomic E-state index is 0.592. The third kappa shape index (κ3) is 4.63. The van der Waals surface area contributed by atoms with E-state index in [1.165, 1.54) is 45.2 Å². The van der Waals surface area contributed by atoms with Crippen LogP contribution in [0.15, 0.2) is 4.99 Å². The van der Waals surface area contributed by atoms with Gasteiger partial charge in [-0.15, -0.1) is 0 Å². The standard InChI is InChI=1S/C15H30N4O/c1-2-3-7-18-8-5-4-6-14(18)13-17-15(16)19-9-11-20-12-10-19/h14H,2-13H2,1H3,(H2,16,17). The molecule has 0 aromatic carbocycles. The fraction of sp³-hybridized carbons (Fsp3) is 0.933. The van der Waals surface area contributed by atoms with Gasteiger partial charge in [0.1, 0.15) is 0 Å². The molecule has 5 nitrogen and oxygen atoms in total. The molecule has 20 heavy (non-hydrogen) atoms. The third-order valence-corrected chi connectivity index (χ3v) is 4.35. The Morgan fingerprint density at radius 3 is 2.80 bits per heavy atom. The highest BCUT2D eigenvalue weighted by molar-refractivity contribution is 5.78. The first-order valence-electron chi connectivity index (χ1n) is 8.18. The molecule has 1 unspecified atom stereocenters. The van der Waals surface area contributed by atoms with E-state index >= 15 is 0 Å². The number of unbranched alkanes of at least 4 members (excludes halogenated alkanes) is 1. The van der Waals surface area contributed by atoms with Crippen molar-refractivity contribution >= 4 is 5.96 Å². The first-order chi connectivity index (χ1) is 9.81.